The van der Waals surface area contributed by atoms with E-state index in [9.17, 15) is 0 Å². The van der Waals surface area contributed by atoms with Crippen LogP contribution in [0.2, 0.25) is 0 Å². The maximum absolute atomic E-state index is 8.70. The summed E-state index contributed by atoms with van der Waals surface area (Å²) in [6, 6.07) is 0. The van der Waals surface area contributed by atoms with Crippen LogP contribution in [0.3, 0.4) is 0 Å². The number of aliphatic hydroxyl groups is 1. The summed E-state index contributed by atoms with van der Waals surface area (Å²) in [6.45, 7) is 0.724. The fourth-order valence-electron chi connectivity index (χ4n) is 1.11. The number of rotatable bonds is 5. The quantitative estimate of drug-likeness (QED) is 0.641. The highest BCUT2D eigenvalue weighted by Gasteiger charge is 2.11. The highest BCUT2D eigenvalue weighted by atomic mass is 32.2. The maximum atomic E-state index is 8.70. The van der Waals surface area contributed by atoms with E-state index in [-0.39, 0.29) is 11.9 Å². The molecule has 0 saturated heterocycles. The molecule has 1 rings (SSSR count). The number of imidazole rings is 1. The van der Waals surface area contributed by atoms with E-state index in [0.29, 0.717) is 13.0 Å². The number of nitrogens with two attached hydrogens (primary N) is 1. The summed E-state index contributed by atoms with van der Waals surface area (Å²) in [7, 11) is 0. The molecule has 0 aliphatic rings. The average Bonchev–Trinajstić information content (AvgIpc) is 2.56. The fourth-order valence-corrected chi connectivity index (χ4v) is 1.64. The van der Waals surface area contributed by atoms with Gasteiger partial charge in [-0.15, -0.1) is 0 Å². The van der Waals surface area contributed by atoms with E-state index >= 15 is 0 Å². The molecule has 1 heterocycles. The molecule has 1 atom stereocenters. The van der Waals surface area contributed by atoms with E-state index in [2.05, 4.69) is 9.97 Å². The van der Waals surface area contributed by atoms with Gasteiger partial charge < -0.3 is 15.8 Å². The Morgan fingerprint density at radius 3 is 3.08 bits per heavy atom. The van der Waals surface area contributed by atoms with Crippen LogP contribution in [0, 0.1) is 0 Å². The topological polar surface area (TPSA) is 74.9 Å². The molecule has 1 aromatic heterocycles. The smallest absolute Gasteiger partial charge is 0.120 e. The van der Waals surface area contributed by atoms with Crippen molar-refractivity contribution in [1.82, 2.24) is 9.97 Å². The Morgan fingerprint density at radius 2 is 2.54 bits per heavy atom. The van der Waals surface area contributed by atoms with E-state index in [0.717, 1.165) is 11.5 Å². The monoisotopic (exact) mass is 201 g/mol. The predicted octanol–water partition coefficient (Wildman–Crippen LogP) is 0.307. The number of hydrogen-bond donors (Lipinski definition) is 3. The first kappa shape index (κ1) is 10.6. The molecule has 1 unspecified atom stereocenters. The summed E-state index contributed by atoms with van der Waals surface area (Å²) in [5.74, 6) is 0.901. The van der Waals surface area contributed by atoms with Gasteiger partial charge in [0.1, 0.15) is 5.82 Å². The zero-order valence-electron chi connectivity index (χ0n) is 7.66. The molecule has 74 valence electrons. The minimum Gasteiger partial charge on any atom is -0.396 e. The first-order valence-corrected chi connectivity index (χ1v) is 5.48. The molecule has 13 heavy (non-hydrogen) atoms. The summed E-state index contributed by atoms with van der Waals surface area (Å²) < 4.78 is 0. The van der Waals surface area contributed by atoms with Crippen LogP contribution in [-0.2, 0) is 6.42 Å². The Hall–Kier alpha value is -0.520. The lowest BCUT2D eigenvalue weighted by Crippen LogP contribution is -2.10. The highest BCUT2D eigenvalue weighted by Crippen LogP contribution is 2.22. The second-order valence-corrected chi connectivity index (χ2v) is 3.77. The summed E-state index contributed by atoms with van der Waals surface area (Å²) in [5, 5.41) is 8.93. The minimum atomic E-state index is 0.147. The van der Waals surface area contributed by atoms with E-state index in [1.165, 1.54) is 0 Å². The lowest BCUT2D eigenvalue weighted by molar-refractivity contribution is 0.298. The van der Waals surface area contributed by atoms with Gasteiger partial charge in [0.15, 0.2) is 0 Å². The van der Waals surface area contributed by atoms with Gasteiger partial charge in [-0.05, 0) is 6.26 Å². The van der Waals surface area contributed by atoms with Gasteiger partial charge >= 0.3 is 0 Å². The van der Waals surface area contributed by atoms with Gasteiger partial charge in [0.25, 0.3) is 0 Å². The van der Waals surface area contributed by atoms with Crippen molar-refractivity contribution in [1.29, 1.82) is 0 Å². The number of aromatic amines is 1. The molecule has 4 N–H and O–H groups in total. The number of nitrogens with one attached hydrogen (secondary N) is 1. The van der Waals surface area contributed by atoms with Crippen molar-refractivity contribution in [3.63, 3.8) is 0 Å². The molecule has 0 fully saturated rings. The largest absolute Gasteiger partial charge is 0.396 e. The number of thioether (sulfide) groups is 1. The van der Waals surface area contributed by atoms with Crippen LogP contribution in [0.5, 0.6) is 0 Å². The third-order valence-corrected chi connectivity index (χ3v) is 2.82. The molecule has 5 heteroatoms. The Morgan fingerprint density at radius 1 is 1.77 bits per heavy atom. The van der Waals surface area contributed by atoms with E-state index < -0.39 is 0 Å². The van der Waals surface area contributed by atoms with Crippen LogP contribution < -0.4 is 5.73 Å². The first-order chi connectivity index (χ1) is 6.31. The van der Waals surface area contributed by atoms with Gasteiger partial charge in [0, 0.05) is 31.5 Å². The summed E-state index contributed by atoms with van der Waals surface area (Å²) in [5.41, 5.74) is 6.53. The van der Waals surface area contributed by atoms with Gasteiger partial charge in [0.2, 0.25) is 0 Å². The lowest BCUT2D eigenvalue weighted by Gasteiger charge is -2.07. The SMILES string of the molecule is CSC(CN)c1ncc(CCO)[nH]1. The van der Waals surface area contributed by atoms with Crippen LogP contribution in [0.15, 0.2) is 6.20 Å². The maximum Gasteiger partial charge on any atom is 0.120 e. The van der Waals surface area contributed by atoms with Crippen LogP contribution in [0.4, 0.5) is 0 Å². The first-order valence-electron chi connectivity index (χ1n) is 4.19. The molecule has 0 spiro atoms. The Balaban J connectivity index is 2.66. The van der Waals surface area contributed by atoms with Crippen molar-refractivity contribution in [2.24, 2.45) is 5.73 Å². The molecule has 4 nitrogen and oxygen atoms in total. The number of aromatic nitrogens is 2. The van der Waals surface area contributed by atoms with Crippen LogP contribution in [0.25, 0.3) is 0 Å². The van der Waals surface area contributed by atoms with Crippen molar-refractivity contribution in [2.75, 3.05) is 19.4 Å². The minimum absolute atomic E-state index is 0.147. The normalized spacial score (nSPS) is 13.2. The van der Waals surface area contributed by atoms with Crippen molar-refractivity contribution in [3.05, 3.63) is 17.7 Å². The van der Waals surface area contributed by atoms with Crippen molar-refractivity contribution in [3.8, 4) is 0 Å². The van der Waals surface area contributed by atoms with Crippen molar-refractivity contribution in [2.45, 2.75) is 11.7 Å². The number of nitrogens with zero attached hydrogens (tertiary/aromatic N) is 1. The molecular weight excluding hydrogens is 186 g/mol. The Kier molecular flexibility index (Phi) is 4.27. The third kappa shape index (κ3) is 2.72. The molecule has 0 saturated carbocycles. The second-order valence-electron chi connectivity index (χ2n) is 2.73. The Labute approximate surface area is 81.9 Å². The second kappa shape index (κ2) is 5.26. The van der Waals surface area contributed by atoms with Crippen molar-refractivity contribution < 1.29 is 5.11 Å². The number of aliphatic hydroxyl groups excluding tert-OH is 1. The summed E-state index contributed by atoms with van der Waals surface area (Å²) >= 11 is 1.67. The number of H-pyrrole nitrogens is 1. The van der Waals surface area contributed by atoms with Crippen molar-refractivity contribution >= 4 is 11.8 Å². The van der Waals surface area contributed by atoms with Crippen LogP contribution in [-0.4, -0.2) is 34.5 Å². The molecule has 0 aromatic carbocycles. The fraction of sp³-hybridized carbons (Fsp3) is 0.625. The van der Waals surface area contributed by atoms with Gasteiger partial charge in [-0.1, -0.05) is 0 Å². The van der Waals surface area contributed by atoms with Gasteiger partial charge in [-0.3, -0.25) is 0 Å². The molecule has 0 aliphatic heterocycles. The van der Waals surface area contributed by atoms with E-state index in [4.69, 9.17) is 10.8 Å². The molecule has 1 aromatic rings. The van der Waals surface area contributed by atoms with Gasteiger partial charge in [-0.2, -0.15) is 11.8 Å². The van der Waals surface area contributed by atoms with Crippen LogP contribution >= 0.6 is 11.8 Å². The average molecular weight is 201 g/mol. The Bertz CT molecular complexity index is 247. The van der Waals surface area contributed by atoms with Crippen LogP contribution in [0.1, 0.15) is 16.8 Å². The molecular formula is C8H15N3OS. The predicted molar refractivity (Wildman–Crippen MR) is 54.7 cm³/mol. The summed E-state index contributed by atoms with van der Waals surface area (Å²) in [4.78, 5) is 7.35. The number of hydrogen-bond acceptors (Lipinski definition) is 4. The van der Waals surface area contributed by atoms with Gasteiger partial charge in [-0.25, -0.2) is 4.98 Å². The third-order valence-electron chi connectivity index (χ3n) is 1.83. The lowest BCUT2D eigenvalue weighted by atomic mass is 10.3. The molecule has 0 bridgehead atoms. The summed E-state index contributed by atoms with van der Waals surface area (Å²) in [6.07, 6.45) is 4.38. The molecule has 0 amide bonds. The highest BCUT2D eigenvalue weighted by molar-refractivity contribution is 7.98. The zero-order chi connectivity index (χ0) is 9.68. The molecule has 0 radical (unpaired) electrons. The zero-order valence-corrected chi connectivity index (χ0v) is 8.47. The standard InChI is InChI=1S/C8H15N3OS/c1-13-7(4-9)8-10-5-6(11-8)2-3-12/h5,7,12H,2-4,9H2,1H3,(H,10,11). The molecule has 0 aliphatic carbocycles. The van der Waals surface area contributed by atoms with E-state index in [1.54, 1.807) is 18.0 Å². The van der Waals surface area contributed by atoms with Gasteiger partial charge in [0.05, 0.1) is 5.25 Å². The van der Waals surface area contributed by atoms with E-state index in [1.807, 2.05) is 6.26 Å².